The molecule has 0 atom stereocenters. The fourth-order valence-corrected chi connectivity index (χ4v) is 2.67. The van der Waals surface area contributed by atoms with Crippen LogP contribution in [0.25, 0.3) is 5.82 Å². The van der Waals surface area contributed by atoms with Gasteiger partial charge in [-0.05, 0) is 53.9 Å². The Morgan fingerprint density at radius 3 is 2.50 bits per heavy atom. The van der Waals surface area contributed by atoms with Gasteiger partial charge in [0.25, 0.3) is 0 Å². The van der Waals surface area contributed by atoms with Crippen molar-refractivity contribution in [3.05, 3.63) is 76.5 Å². The van der Waals surface area contributed by atoms with Gasteiger partial charge in [-0.15, -0.1) is 0 Å². The standard InChI is InChI=1S/C18H13F4N3O3/c19-13-5-11(4-12(7-13)18(20,21)22)3-10-1-2-23-16(6-10)25-14(9-26)8-15(24-25)17(27)28/h1-2,4-8,26H,3,9H2,(H,27,28). The SMILES string of the molecule is O=C(O)c1cc(CO)n(-c2cc(Cc3cc(F)cc(C(F)(F)F)c3)ccn2)n1. The minimum absolute atomic E-state index is 0.0160. The van der Waals surface area contributed by atoms with Crippen molar-refractivity contribution in [3.8, 4) is 5.82 Å². The van der Waals surface area contributed by atoms with Crippen LogP contribution >= 0.6 is 0 Å². The molecule has 2 heterocycles. The molecule has 0 unspecified atom stereocenters. The molecule has 146 valence electrons. The average Bonchev–Trinajstić information content (AvgIpc) is 3.05. The second-order valence-electron chi connectivity index (χ2n) is 5.94. The van der Waals surface area contributed by atoms with Crippen molar-refractivity contribution in [3.63, 3.8) is 0 Å². The van der Waals surface area contributed by atoms with E-state index < -0.39 is 30.1 Å². The molecule has 6 nitrogen and oxygen atoms in total. The molecule has 28 heavy (non-hydrogen) atoms. The lowest BCUT2D eigenvalue weighted by atomic mass is 10.0. The third-order valence-corrected chi connectivity index (χ3v) is 3.88. The third-order valence-electron chi connectivity index (χ3n) is 3.88. The van der Waals surface area contributed by atoms with Gasteiger partial charge < -0.3 is 10.2 Å². The Labute approximate surface area is 155 Å². The molecular formula is C18H13F4N3O3. The van der Waals surface area contributed by atoms with Crippen LogP contribution in [0.4, 0.5) is 17.6 Å². The van der Waals surface area contributed by atoms with Crippen molar-refractivity contribution in [2.24, 2.45) is 0 Å². The largest absolute Gasteiger partial charge is 0.476 e. The van der Waals surface area contributed by atoms with Gasteiger partial charge in [0.15, 0.2) is 11.5 Å². The number of hydrogen-bond acceptors (Lipinski definition) is 4. The first kappa shape index (κ1) is 19.5. The quantitative estimate of drug-likeness (QED) is 0.648. The summed E-state index contributed by atoms with van der Waals surface area (Å²) in [7, 11) is 0. The molecule has 0 spiro atoms. The highest BCUT2D eigenvalue weighted by Crippen LogP contribution is 2.31. The maximum Gasteiger partial charge on any atom is 0.416 e. The fourth-order valence-electron chi connectivity index (χ4n) is 2.67. The van der Waals surface area contributed by atoms with Crippen molar-refractivity contribution >= 4 is 5.97 Å². The Kier molecular flexibility index (Phi) is 5.14. The maximum atomic E-state index is 13.6. The summed E-state index contributed by atoms with van der Waals surface area (Å²) in [6, 6.07) is 6.46. The van der Waals surface area contributed by atoms with E-state index in [0.29, 0.717) is 11.6 Å². The van der Waals surface area contributed by atoms with E-state index in [1.54, 1.807) is 0 Å². The molecule has 0 amide bonds. The van der Waals surface area contributed by atoms with Gasteiger partial charge in [-0.1, -0.05) is 0 Å². The van der Waals surface area contributed by atoms with E-state index in [1.807, 2.05) is 0 Å². The summed E-state index contributed by atoms with van der Waals surface area (Å²) in [5.41, 5.74) is -0.598. The van der Waals surface area contributed by atoms with E-state index in [0.717, 1.165) is 16.8 Å². The predicted octanol–water partition coefficient (Wildman–Crippen LogP) is 3.21. The van der Waals surface area contributed by atoms with Gasteiger partial charge >= 0.3 is 12.1 Å². The zero-order valence-electron chi connectivity index (χ0n) is 14.1. The fraction of sp³-hybridized carbons (Fsp3) is 0.167. The summed E-state index contributed by atoms with van der Waals surface area (Å²) in [5, 5.41) is 22.3. The number of alkyl halides is 3. The number of halogens is 4. The van der Waals surface area contributed by atoms with Crippen LogP contribution in [-0.2, 0) is 19.2 Å². The number of nitrogens with zero attached hydrogens (tertiary/aromatic N) is 3. The molecule has 0 radical (unpaired) electrons. The summed E-state index contributed by atoms with van der Waals surface area (Å²) in [5.74, 6) is -2.12. The van der Waals surface area contributed by atoms with Crippen molar-refractivity contribution in [2.75, 3.05) is 0 Å². The second-order valence-corrected chi connectivity index (χ2v) is 5.94. The maximum absolute atomic E-state index is 13.6. The minimum Gasteiger partial charge on any atom is -0.476 e. The summed E-state index contributed by atoms with van der Waals surface area (Å²) in [6.45, 7) is -0.495. The molecule has 0 bridgehead atoms. The number of aliphatic hydroxyl groups is 1. The van der Waals surface area contributed by atoms with Gasteiger partial charge in [0.1, 0.15) is 5.82 Å². The number of benzene rings is 1. The lowest BCUT2D eigenvalue weighted by molar-refractivity contribution is -0.137. The number of carboxylic acid groups (broad SMARTS) is 1. The monoisotopic (exact) mass is 395 g/mol. The normalized spacial score (nSPS) is 11.6. The van der Waals surface area contributed by atoms with E-state index >= 15 is 0 Å². The Balaban J connectivity index is 1.95. The molecular weight excluding hydrogens is 382 g/mol. The number of hydrogen-bond donors (Lipinski definition) is 2. The summed E-state index contributed by atoms with van der Waals surface area (Å²) < 4.78 is 53.3. The Bertz CT molecular complexity index is 1030. The zero-order valence-corrected chi connectivity index (χ0v) is 14.1. The molecule has 0 fully saturated rings. The Morgan fingerprint density at radius 2 is 1.86 bits per heavy atom. The average molecular weight is 395 g/mol. The Hall–Kier alpha value is -3.27. The molecule has 0 aliphatic carbocycles. The van der Waals surface area contributed by atoms with Gasteiger partial charge in [0, 0.05) is 6.20 Å². The van der Waals surface area contributed by atoms with Crippen molar-refractivity contribution in [1.82, 2.24) is 14.8 Å². The van der Waals surface area contributed by atoms with Crippen LogP contribution in [0.15, 0.2) is 42.6 Å². The summed E-state index contributed by atoms with van der Waals surface area (Å²) in [4.78, 5) is 15.1. The first-order valence-corrected chi connectivity index (χ1v) is 7.92. The number of rotatable bonds is 5. The first-order chi connectivity index (χ1) is 13.2. The van der Waals surface area contributed by atoms with Gasteiger partial charge in [-0.25, -0.2) is 18.9 Å². The van der Waals surface area contributed by atoms with Gasteiger partial charge in [0.05, 0.1) is 17.9 Å². The highest BCUT2D eigenvalue weighted by molar-refractivity contribution is 5.85. The van der Waals surface area contributed by atoms with Gasteiger partial charge in [0.2, 0.25) is 0 Å². The van der Waals surface area contributed by atoms with Crippen molar-refractivity contribution in [1.29, 1.82) is 0 Å². The van der Waals surface area contributed by atoms with Gasteiger partial charge in [-0.3, -0.25) is 0 Å². The molecule has 2 N–H and O–H groups in total. The zero-order chi connectivity index (χ0) is 20.5. The van der Waals surface area contributed by atoms with Crippen LogP contribution in [0.3, 0.4) is 0 Å². The first-order valence-electron chi connectivity index (χ1n) is 7.92. The van der Waals surface area contributed by atoms with Crippen molar-refractivity contribution in [2.45, 2.75) is 19.2 Å². The van der Waals surface area contributed by atoms with Crippen LogP contribution in [0.2, 0.25) is 0 Å². The predicted molar refractivity (Wildman–Crippen MR) is 88.4 cm³/mol. The summed E-state index contributed by atoms with van der Waals surface area (Å²) >= 11 is 0. The van der Waals surface area contributed by atoms with Crippen LogP contribution in [0, 0.1) is 5.82 Å². The highest BCUT2D eigenvalue weighted by atomic mass is 19.4. The van der Waals surface area contributed by atoms with E-state index in [4.69, 9.17) is 5.11 Å². The molecule has 0 aliphatic rings. The van der Waals surface area contributed by atoms with Crippen LogP contribution in [0.1, 0.15) is 32.9 Å². The second kappa shape index (κ2) is 7.39. The topological polar surface area (TPSA) is 88.2 Å². The number of aromatic nitrogens is 3. The molecule has 0 saturated heterocycles. The third kappa shape index (κ3) is 4.17. The van der Waals surface area contributed by atoms with Gasteiger partial charge in [-0.2, -0.15) is 18.3 Å². The van der Waals surface area contributed by atoms with E-state index in [1.165, 1.54) is 24.4 Å². The lowest BCUT2D eigenvalue weighted by Gasteiger charge is -2.10. The molecule has 0 saturated carbocycles. The van der Waals surface area contributed by atoms with E-state index in [2.05, 4.69) is 10.1 Å². The number of carboxylic acids is 1. The minimum atomic E-state index is -4.67. The van der Waals surface area contributed by atoms with Crippen LogP contribution < -0.4 is 0 Å². The van der Waals surface area contributed by atoms with Crippen LogP contribution in [-0.4, -0.2) is 30.9 Å². The molecule has 2 aromatic heterocycles. The lowest BCUT2D eigenvalue weighted by Crippen LogP contribution is -2.08. The van der Waals surface area contributed by atoms with Crippen molar-refractivity contribution < 1.29 is 32.6 Å². The molecule has 3 aromatic rings. The number of aromatic carboxylic acids is 1. The van der Waals surface area contributed by atoms with Crippen LogP contribution in [0.5, 0.6) is 0 Å². The Morgan fingerprint density at radius 1 is 1.11 bits per heavy atom. The summed E-state index contributed by atoms with van der Waals surface area (Å²) in [6.07, 6.45) is -3.33. The smallest absolute Gasteiger partial charge is 0.416 e. The number of pyridine rings is 1. The van der Waals surface area contributed by atoms with E-state index in [9.17, 15) is 27.5 Å². The van der Waals surface area contributed by atoms with E-state index in [-0.39, 0.29) is 29.2 Å². The molecule has 1 aromatic carbocycles. The molecule has 0 aliphatic heterocycles. The number of carbonyl (C=O) groups is 1. The molecule has 3 rings (SSSR count). The molecule has 10 heteroatoms. The highest BCUT2D eigenvalue weighted by Gasteiger charge is 2.31. The number of aliphatic hydroxyl groups excluding tert-OH is 1.